The van der Waals surface area contributed by atoms with Gasteiger partial charge in [-0.2, -0.15) is 4.98 Å². The van der Waals surface area contributed by atoms with Gasteiger partial charge in [-0.3, -0.25) is 4.79 Å². The molecule has 1 aliphatic carbocycles. The Balaban J connectivity index is 1.60. The second-order valence-electron chi connectivity index (χ2n) is 7.59. The van der Waals surface area contributed by atoms with Crippen molar-refractivity contribution in [1.29, 1.82) is 0 Å². The Morgan fingerprint density at radius 3 is 2.73 bits per heavy atom. The number of carbonyl (C=O) groups is 1. The van der Waals surface area contributed by atoms with Crippen molar-refractivity contribution in [3.8, 4) is 0 Å². The molecule has 0 radical (unpaired) electrons. The molecule has 4 rings (SSSR count). The molecule has 7 heteroatoms. The maximum atomic E-state index is 13.2. The minimum absolute atomic E-state index is 0.249. The predicted molar refractivity (Wildman–Crippen MR) is 102 cm³/mol. The van der Waals surface area contributed by atoms with Crippen molar-refractivity contribution in [2.24, 2.45) is 5.92 Å². The molecule has 2 aliphatic rings. The Bertz CT molecular complexity index is 831. The van der Waals surface area contributed by atoms with Gasteiger partial charge in [0.1, 0.15) is 0 Å². The number of hydrogen-bond donors (Lipinski definition) is 0. The highest BCUT2D eigenvalue weighted by Crippen LogP contribution is 2.35. The molecule has 1 saturated heterocycles. The van der Waals surface area contributed by atoms with Gasteiger partial charge >= 0.3 is 0 Å². The van der Waals surface area contributed by atoms with Crippen LogP contribution in [-0.2, 0) is 11.2 Å². The second kappa shape index (κ2) is 7.18. The number of piperidine rings is 1. The third kappa shape index (κ3) is 3.10. The van der Waals surface area contributed by atoms with Crippen molar-refractivity contribution in [2.75, 3.05) is 12.8 Å². The van der Waals surface area contributed by atoms with Crippen molar-refractivity contribution < 1.29 is 4.79 Å². The molecule has 0 unspecified atom stereocenters. The van der Waals surface area contributed by atoms with E-state index < -0.39 is 0 Å². The van der Waals surface area contributed by atoms with Gasteiger partial charge in [0.25, 0.3) is 5.78 Å². The normalized spacial score (nSPS) is 23.3. The van der Waals surface area contributed by atoms with Crippen molar-refractivity contribution >= 4 is 23.4 Å². The summed E-state index contributed by atoms with van der Waals surface area (Å²) in [4.78, 5) is 24.4. The number of rotatable bonds is 3. The van der Waals surface area contributed by atoms with Gasteiger partial charge in [-0.1, -0.05) is 24.6 Å². The largest absolute Gasteiger partial charge is 0.339 e. The van der Waals surface area contributed by atoms with E-state index in [1.54, 1.807) is 4.52 Å². The number of thioether (sulfide) groups is 1. The number of fused-ring (bicyclic) bond motifs is 2. The van der Waals surface area contributed by atoms with Gasteiger partial charge < -0.3 is 4.90 Å². The van der Waals surface area contributed by atoms with Crippen LogP contribution in [-0.4, -0.2) is 49.2 Å². The van der Waals surface area contributed by atoms with Crippen LogP contribution in [0.5, 0.6) is 0 Å². The molecule has 1 aliphatic heterocycles. The topological polar surface area (TPSA) is 63.4 Å². The summed E-state index contributed by atoms with van der Waals surface area (Å²) in [7, 11) is 0. The Morgan fingerprint density at radius 2 is 1.92 bits per heavy atom. The van der Waals surface area contributed by atoms with E-state index in [4.69, 9.17) is 0 Å². The van der Waals surface area contributed by atoms with Crippen LogP contribution in [0.3, 0.4) is 0 Å². The zero-order valence-corrected chi connectivity index (χ0v) is 16.7. The van der Waals surface area contributed by atoms with Crippen LogP contribution >= 0.6 is 11.8 Å². The molecule has 2 atom stereocenters. The summed E-state index contributed by atoms with van der Waals surface area (Å²) in [5, 5.41) is 5.21. The molecule has 140 valence electrons. The third-order valence-corrected chi connectivity index (χ3v) is 6.64. The second-order valence-corrected chi connectivity index (χ2v) is 8.36. The quantitative estimate of drug-likeness (QED) is 0.773. The van der Waals surface area contributed by atoms with Crippen LogP contribution in [0.1, 0.15) is 55.5 Å². The molecule has 26 heavy (non-hydrogen) atoms. The molecule has 3 heterocycles. The summed E-state index contributed by atoms with van der Waals surface area (Å²) in [5.74, 6) is 1.58. The molecule has 0 aromatic carbocycles. The van der Waals surface area contributed by atoms with Crippen LogP contribution in [0.25, 0.3) is 5.78 Å². The highest BCUT2D eigenvalue weighted by Gasteiger charge is 2.35. The molecule has 0 spiro atoms. The minimum atomic E-state index is 0.249. The van der Waals surface area contributed by atoms with Crippen LogP contribution in [0.15, 0.2) is 5.16 Å². The summed E-state index contributed by atoms with van der Waals surface area (Å²) in [6.07, 6.45) is 9.84. The lowest BCUT2D eigenvalue weighted by Crippen LogP contribution is -2.50. The van der Waals surface area contributed by atoms with Crippen LogP contribution in [0, 0.1) is 19.8 Å². The number of aromatic nitrogens is 4. The fourth-order valence-electron chi connectivity index (χ4n) is 4.72. The minimum Gasteiger partial charge on any atom is -0.339 e. The third-order valence-electron chi connectivity index (χ3n) is 6.10. The monoisotopic (exact) mass is 373 g/mol. The zero-order chi connectivity index (χ0) is 18.3. The smallest absolute Gasteiger partial charge is 0.253 e. The van der Waals surface area contributed by atoms with Crippen molar-refractivity contribution in [1.82, 2.24) is 24.5 Å². The summed E-state index contributed by atoms with van der Waals surface area (Å²) in [6, 6.07) is 0.455. The molecule has 1 amide bonds. The van der Waals surface area contributed by atoms with Crippen molar-refractivity contribution in [2.45, 2.75) is 70.0 Å². The fourth-order valence-corrected chi connectivity index (χ4v) is 5.06. The molecule has 1 saturated carbocycles. The van der Waals surface area contributed by atoms with E-state index in [-0.39, 0.29) is 5.91 Å². The Labute approximate surface area is 158 Å². The van der Waals surface area contributed by atoms with Crippen LogP contribution < -0.4 is 0 Å². The first-order valence-corrected chi connectivity index (χ1v) is 10.9. The van der Waals surface area contributed by atoms with Crippen molar-refractivity contribution in [3.05, 3.63) is 17.0 Å². The number of likely N-dealkylation sites (tertiary alicyclic amines) is 1. The lowest BCUT2D eigenvalue weighted by Gasteiger charge is -2.44. The van der Waals surface area contributed by atoms with E-state index in [2.05, 4.69) is 20.0 Å². The number of hydrogen-bond acceptors (Lipinski definition) is 5. The highest BCUT2D eigenvalue weighted by atomic mass is 32.2. The lowest BCUT2D eigenvalue weighted by atomic mass is 9.78. The van der Waals surface area contributed by atoms with E-state index in [1.165, 1.54) is 43.9 Å². The number of amides is 1. The van der Waals surface area contributed by atoms with Gasteiger partial charge in [-0.05, 0) is 51.7 Å². The predicted octanol–water partition coefficient (Wildman–Crippen LogP) is 3.19. The van der Waals surface area contributed by atoms with E-state index in [9.17, 15) is 4.79 Å². The van der Waals surface area contributed by atoms with E-state index in [0.29, 0.717) is 29.3 Å². The summed E-state index contributed by atoms with van der Waals surface area (Å²) in [5.41, 5.74) is 2.87. The molecule has 2 aromatic heterocycles. The summed E-state index contributed by atoms with van der Waals surface area (Å²) >= 11 is 1.51. The first kappa shape index (κ1) is 17.8. The lowest BCUT2D eigenvalue weighted by molar-refractivity contribution is -0.136. The van der Waals surface area contributed by atoms with Gasteiger partial charge in [-0.25, -0.2) is 9.50 Å². The van der Waals surface area contributed by atoms with Crippen LogP contribution in [0.2, 0.25) is 0 Å². The zero-order valence-electron chi connectivity index (χ0n) is 15.9. The molecule has 0 N–H and O–H groups in total. The van der Waals surface area contributed by atoms with Gasteiger partial charge in [-0.15, -0.1) is 5.10 Å². The van der Waals surface area contributed by atoms with Crippen LogP contribution in [0.4, 0.5) is 0 Å². The molecule has 2 aromatic rings. The number of nitrogens with zero attached hydrogens (tertiary/aromatic N) is 5. The van der Waals surface area contributed by atoms with Gasteiger partial charge in [0.15, 0.2) is 0 Å². The molecular weight excluding hydrogens is 346 g/mol. The molecular formula is C19H27N5OS. The number of carbonyl (C=O) groups excluding carboxylic acids is 1. The molecule has 0 bridgehead atoms. The fraction of sp³-hybridized carbons (Fsp3) is 0.684. The SMILES string of the molecule is CSc1nc2nc(C)c(CC(=O)N3CCC[C@@H]4CCCC[C@H]43)c(C)n2n1. The Morgan fingerprint density at radius 1 is 1.15 bits per heavy atom. The van der Waals surface area contributed by atoms with E-state index in [0.717, 1.165) is 29.9 Å². The summed E-state index contributed by atoms with van der Waals surface area (Å²) < 4.78 is 1.78. The molecule has 6 nitrogen and oxygen atoms in total. The Kier molecular flexibility index (Phi) is 4.90. The molecule has 2 fully saturated rings. The first-order valence-electron chi connectivity index (χ1n) is 9.64. The first-order chi connectivity index (χ1) is 12.6. The van der Waals surface area contributed by atoms with Gasteiger partial charge in [0.2, 0.25) is 11.1 Å². The standard InChI is InChI=1S/C19H27N5OS/c1-12-15(13(2)24-18(20-12)21-19(22-24)26-3)11-17(25)23-10-6-8-14-7-4-5-9-16(14)23/h14,16H,4-11H2,1-3H3/t14-,16+/m0/s1. The van der Waals surface area contributed by atoms with Crippen molar-refractivity contribution in [3.63, 3.8) is 0 Å². The van der Waals surface area contributed by atoms with E-state index >= 15 is 0 Å². The van der Waals surface area contributed by atoms with Gasteiger partial charge in [0, 0.05) is 29.5 Å². The average Bonchev–Trinajstić information content (AvgIpc) is 3.07. The highest BCUT2D eigenvalue weighted by molar-refractivity contribution is 7.98. The number of aryl methyl sites for hydroxylation is 2. The maximum Gasteiger partial charge on any atom is 0.253 e. The average molecular weight is 374 g/mol. The van der Waals surface area contributed by atoms with Gasteiger partial charge in [0.05, 0.1) is 6.42 Å². The maximum absolute atomic E-state index is 13.2. The summed E-state index contributed by atoms with van der Waals surface area (Å²) in [6.45, 7) is 4.90. The Hall–Kier alpha value is -1.63. The van der Waals surface area contributed by atoms with E-state index in [1.807, 2.05) is 20.1 Å².